The van der Waals surface area contributed by atoms with E-state index in [1.807, 2.05) is 29.6 Å². The molecule has 1 atom stereocenters. The van der Waals surface area contributed by atoms with Crippen molar-refractivity contribution in [2.24, 2.45) is 0 Å². The smallest absolute Gasteiger partial charge is 0.335 e. The van der Waals surface area contributed by atoms with Crippen molar-refractivity contribution in [1.82, 2.24) is 4.98 Å². The van der Waals surface area contributed by atoms with Crippen LogP contribution in [0.2, 0.25) is 5.02 Å². The Balaban J connectivity index is 1.91. The van der Waals surface area contributed by atoms with Crippen molar-refractivity contribution in [1.29, 1.82) is 0 Å². The second kappa shape index (κ2) is 8.08. The largest absolute Gasteiger partial charge is 0.457 e. The molecule has 4 nitrogen and oxygen atoms in total. The molecule has 0 saturated heterocycles. The van der Waals surface area contributed by atoms with Gasteiger partial charge in [0.25, 0.3) is 0 Å². The van der Waals surface area contributed by atoms with Crippen LogP contribution in [-0.2, 0) is 20.9 Å². The van der Waals surface area contributed by atoms with Crippen LogP contribution in [-0.4, -0.2) is 23.7 Å². The van der Waals surface area contributed by atoms with Gasteiger partial charge in [0.15, 0.2) is 6.10 Å². The van der Waals surface area contributed by atoms with Gasteiger partial charge >= 0.3 is 5.97 Å². The Labute approximate surface area is 138 Å². The molecule has 0 aliphatic carbocycles. The third-order valence-corrected chi connectivity index (χ3v) is 3.99. The predicted octanol–water partition coefficient (Wildman–Crippen LogP) is 4.10. The minimum atomic E-state index is -0.618. The molecular weight excluding hydrogens is 322 g/mol. The van der Waals surface area contributed by atoms with Crippen LogP contribution in [0.25, 0.3) is 10.6 Å². The zero-order chi connectivity index (χ0) is 15.9. The van der Waals surface area contributed by atoms with Crippen LogP contribution < -0.4 is 0 Å². The van der Waals surface area contributed by atoms with Gasteiger partial charge in [0.2, 0.25) is 0 Å². The number of rotatable bonds is 7. The molecule has 0 saturated carbocycles. The lowest BCUT2D eigenvalue weighted by molar-refractivity contribution is -0.156. The molecule has 0 spiro atoms. The van der Waals surface area contributed by atoms with E-state index in [1.54, 1.807) is 13.0 Å². The molecule has 2 rings (SSSR count). The number of benzene rings is 1. The third-order valence-electron chi connectivity index (χ3n) is 2.80. The van der Waals surface area contributed by atoms with Crippen molar-refractivity contribution in [3.05, 3.63) is 53.0 Å². The van der Waals surface area contributed by atoms with Gasteiger partial charge in [0.1, 0.15) is 11.6 Å². The average Bonchev–Trinajstić information content (AvgIpc) is 2.99. The summed E-state index contributed by atoms with van der Waals surface area (Å²) in [5.74, 6) is -0.414. The Hall–Kier alpha value is -1.69. The van der Waals surface area contributed by atoms with E-state index in [0.717, 1.165) is 10.6 Å². The highest BCUT2D eigenvalue weighted by Gasteiger charge is 2.15. The summed E-state index contributed by atoms with van der Waals surface area (Å²) in [5, 5.41) is 3.41. The quantitative estimate of drug-likeness (QED) is 0.564. The van der Waals surface area contributed by atoms with Gasteiger partial charge in [-0.2, -0.15) is 0 Å². The molecule has 0 fully saturated rings. The molecule has 0 radical (unpaired) electrons. The molecule has 116 valence electrons. The summed E-state index contributed by atoms with van der Waals surface area (Å²) in [7, 11) is 0. The number of esters is 1. The Kier molecular flexibility index (Phi) is 6.12. The van der Waals surface area contributed by atoms with Crippen molar-refractivity contribution in [2.45, 2.75) is 19.6 Å². The van der Waals surface area contributed by atoms with Crippen LogP contribution in [0.1, 0.15) is 12.6 Å². The maximum Gasteiger partial charge on any atom is 0.335 e. The summed E-state index contributed by atoms with van der Waals surface area (Å²) >= 11 is 7.35. The SMILES string of the molecule is C=CCOC(C)C(=O)OCc1csc(-c2ccc(Cl)cc2)n1. The molecule has 22 heavy (non-hydrogen) atoms. The molecule has 1 aromatic carbocycles. The number of thiazole rings is 1. The number of carbonyl (C=O) groups excluding carboxylic acids is 1. The predicted molar refractivity (Wildman–Crippen MR) is 88.0 cm³/mol. The molecule has 1 unspecified atom stereocenters. The molecule has 1 heterocycles. The van der Waals surface area contributed by atoms with Crippen molar-refractivity contribution in [3.8, 4) is 10.6 Å². The number of ether oxygens (including phenoxy) is 2. The first-order valence-electron chi connectivity index (χ1n) is 6.69. The Morgan fingerprint density at radius 3 is 2.86 bits per heavy atom. The highest BCUT2D eigenvalue weighted by molar-refractivity contribution is 7.13. The fraction of sp³-hybridized carbons (Fsp3) is 0.250. The number of hydrogen-bond acceptors (Lipinski definition) is 5. The zero-order valence-electron chi connectivity index (χ0n) is 12.1. The van der Waals surface area contributed by atoms with E-state index in [4.69, 9.17) is 21.1 Å². The minimum Gasteiger partial charge on any atom is -0.457 e. The number of carbonyl (C=O) groups is 1. The number of halogens is 1. The van der Waals surface area contributed by atoms with Gasteiger partial charge < -0.3 is 9.47 Å². The number of nitrogens with zero attached hydrogens (tertiary/aromatic N) is 1. The maximum absolute atomic E-state index is 11.7. The monoisotopic (exact) mass is 337 g/mol. The lowest BCUT2D eigenvalue weighted by Crippen LogP contribution is -2.23. The molecule has 6 heteroatoms. The van der Waals surface area contributed by atoms with E-state index in [-0.39, 0.29) is 6.61 Å². The van der Waals surface area contributed by atoms with Crippen molar-refractivity contribution >= 4 is 28.9 Å². The van der Waals surface area contributed by atoms with Crippen LogP contribution in [0.5, 0.6) is 0 Å². The fourth-order valence-corrected chi connectivity index (χ4v) is 2.58. The molecule has 1 aromatic heterocycles. The van der Waals surface area contributed by atoms with E-state index in [2.05, 4.69) is 11.6 Å². The summed E-state index contributed by atoms with van der Waals surface area (Å²) in [6.07, 6.45) is 0.968. The van der Waals surface area contributed by atoms with E-state index >= 15 is 0 Å². The van der Waals surface area contributed by atoms with Crippen molar-refractivity contribution in [2.75, 3.05) is 6.61 Å². The lowest BCUT2D eigenvalue weighted by Gasteiger charge is -2.10. The molecule has 0 aliphatic rings. The zero-order valence-corrected chi connectivity index (χ0v) is 13.7. The first-order chi connectivity index (χ1) is 10.6. The van der Waals surface area contributed by atoms with Gasteiger partial charge in [0, 0.05) is 16.0 Å². The van der Waals surface area contributed by atoms with Gasteiger partial charge in [-0.1, -0.05) is 29.8 Å². The first kappa shape index (κ1) is 16.7. The van der Waals surface area contributed by atoms with E-state index in [1.165, 1.54) is 11.3 Å². The normalized spacial score (nSPS) is 11.9. The Morgan fingerprint density at radius 2 is 2.18 bits per heavy atom. The van der Waals surface area contributed by atoms with Crippen LogP contribution in [0, 0.1) is 0 Å². The van der Waals surface area contributed by atoms with Gasteiger partial charge in [-0.25, -0.2) is 9.78 Å². The standard InChI is InChI=1S/C16H16ClNO3S/c1-3-8-20-11(2)16(19)21-9-14-10-22-15(18-14)12-4-6-13(17)7-5-12/h3-7,10-11H,1,8-9H2,2H3. The lowest BCUT2D eigenvalue weighted by atomic mass is 10.2. The van der Waals surface area contributed by atoms with Crippen LogP contribution in [0.15, 0.2) is 42.3 Å². The Morgan fingerprint density at radius 1 is 1.45 bits per heavy atom. The van der Waals surface area contributed by atoms with Gasteiger partial charge in [-0.3, -0.25) is 0 Å². The summed E-state index contributed by atoms with van der Waals surface area (Å²) in [4.78, 5) is 16.2. The van der Waals surface area contributed by atoms with Crippen molar-refractivity contribution < 1.29 is 14.3 Å². The highest BCUT2D eigenvalue weighted by Crippen LogP contribution is 2.25. The van der Waals surface area contributed by atoms with Gasteiger partial charge in [0.05, 0.1) is 12.3 Å². The molecule has 0 bridgehead atoms. The summed E-state index contributed by atoms with van der Waals surface area (Å²) < 4.78 is 10.4. The number of hydrogen-bond donors (Lipinski definition) is 0. The third kappa shape index (κ3) is 4.66. The van der Waals surface area contributed by atoms with E-state index in [9.17, 15) is 4.79 Å². The summed E-state index contributed by atoms with van der Waals surface area (Å²) in [6.45, 7) is 5.62. The summed E-state index contributed by atoms with van der Waals surface area (Å²) in [6, 6.07) is 7.44. The molecule has 0 amide bonds. The molecule has 0 aliphatic heterocycles. The minimum absolute atomic E-state index is 0.130. The topological polar surface area (TPSA) is 48.4 Å². The van der Waals surface area contributed by atoms with Crippen LogP contribution in [0.4, 0.5) is 0 Å². The maximum atomic E-state index is 11.7. The second-order valence-electron chi connectivity index (χ2n) is 4.52. The summed E-state index contributed by atoms with van der Waals surface area (Å²) in [5.41, 5.74) is 1.69. The average molecular weight is 338 g/mol. The molecule has 0 N–H and O–H groups in total. The fourth-order valence-electron chi connectivity index (χ4n) is 1.64. The number of aromatic nitrogens is 1. The van der Waals surface area contributed by atoms with E-state index < -0.39 is 12.1 Å². The highest BCUT2D eigenvalue weighted by atomic mass is 35.5. The first-order valence-corrected chi connectivity index (χ1v) is 7.95. The van der Waals surface area contributed by atoms with Gasteiger partial charge in [-0.15, -0.1) is 17.9 Å². The van der Waals surface area contributed by atoms with Crippen LogP contribution in [0.3, 0.4) is 0 Å². The second-order valence-corrected chi connectivity index (χ2v) is 5.82. The van der Waals surface area contributed by atoms with Crippen molar-refractivity contribution in [3.63, 3.8) is 0 Å². The van der Waals surface area contributed by atoms with Crippen LogP contribution >= 0.6 is 22.9 Å². The van der Waals surface area contributed by atoms with Gasteiger partial charge in [-0.05, 0) is 19.1 Å². The van der Waals surface area contributed by atoms with E-state index in [0.29, 0.717) is 17.3 Å². The Bertz CT molecular complexity index is 639. The molecule has 2 aromatic rings. The molecular formula is C16H16ClNO3S.